The van der Waals surface area contributed by atoms with E-state index in [2.05, 4.69) is 19.2 Å². The normalized spacial score (nSPS) is 11.8. The lowest BCUT2D eigenvalue weighted by atomic mass is 9.99. The Morgan fingerprint density at radius 3 is 1.75 bits per heavy atom. The highest BCUT2D eigenvalue weighted by Gasteiger charge is 2.26. The van der Waals surface area contributed by atoms with Gasteiger partial charge in [0, 0.05) is 17.8 Å². The fraction of sp³-hybridized carbons (Fsp3) is 0.667. The number of nitrogens with one attached hydrogen (secondary N) is 1. The molecule has 0 aliphatic carbocycles. The Balaban J connectivity index is 2.00. The van der Waals surface area contributed by atoms with E-state index in [9.17, 15) is 9.59 Å². The molecule has 5 heteroatoms. The van der Waals surface area contributed by atoms with Crippen molar-refractivity contribution in [2.75, 3.05) is 11.9 Å². The number of nitriles is 1. The van der Waals surface area contributed by atoms with Crippen molar-refractivity contribution >= 4 is 17.4 Å². The predicted molar refractivity (Wildman–Crippen MR) is 131 cm³/mol. The number of benzene rings is 1. The molecule has 1 rings (SSSR count). The Morgan fingerprint density at radius 1 is 0.844 bits per heavy atom. The average Bonchev–Trinajstić information content (AvgIpc) is 2.76. The molecular weight excluding hydrogens is 400 g/mol. The van der Waals surface area contributed by atoms with Gasteiger partial charge < -0.3 is 10.4 Å². The van der Waals surface area contributed by atoms with Gasteiger partial charge in [0.25, 0.3) is 0 Å². The first kappa shape index (κ1) is 27.7. The van der Waals surface area contributed by atoms with Crippen LogP contribution in [0, 0.1) is 23.2 Å². The second kappa shape index (κ2) is 17.2. The Kier molecular flexibility index (Phi) is 14.9. The number of ketones is 1. The molecular formula is C27H42N2O3. The number of carbonyl (C=O) groups excluding carboxylic acids is 1. The molecule has 2 N–H and O–H groups in total. The Labute approximate surface area is 194 Å². The lowest BCUT2D eigenvalue weighted by molar-refractivity contribution is -0.138. The fourth-order valence-corrected chi connectivity index (χ4v) is 3.82. The summed E-state index contributed by atoms with van der Waals surface area (Å²) in [5.74, 6) is -2.88. The van der Waals surface area contributed by atoms with Gasteiger partial charge in [-0.3, -0.25) is 9.59 Å². The molecule has 1 aromatic carbocycles. The number of rotatable bonds is 19. The molecule has 0 heterocycles. The van der Waals surface area contributed by atoms with Crippen LogP contribution in [0.2, 0.25) is 0 Å². The summed E-state index contributed by atoms with van der Waals surface area (Å²) in [6.45, 7) is 5.49. The minimum Gasteiger partial charge on any atom is -0.480 e. The van der Waals surface area contributed by atoms with E-state index in [-0.39, 0.29) is 5.56 Å². The minimum absolute atomic E-state index is 0.246. The summed E-state index contributed by atoms with van der Waals surface area (Å²) in [6.07, 6.45) is 17.4. The third kappa shape index (κ3) is 12.5. The van der Waals surface area contributed by atoms with Gasteiger partial charge in [-0.05, 0) is 36.6 Å². The van der Waals surface area contributed by atoms with Gasteiger partial charge in [-0.1, -0.05) is 90.9 Å². The molecule has 0 bridgehead atoms. The smallest absolute Gasteiger partial charge is 0.329 e. The third-order valence-corrected chi connectivity index (χ3v) is 5.85. The fourth-order valence-electron chi connectivity index (χ4n) is 3.82. The Bertz CT molecular complexity index is 692. The molecule has 1 aromatic rings. The third-order valence-electron chi connectivity index (χ3n) is 5.85. The van der Waals surface area contributed by atoms with E-state index in [0.29, 0.717) is 0 Å². The number of carbonyl (C=O) groups is 2. The maximum absolute atomic E-state index is 12.0. The number of carboxylic acid groups (broad SMARTS) is 1. The average molecular weight is 443 g/mol. The summed E-state index contributed by atoms with van der Waals surface area (Å²) in [7, 11) is 0. The number of anilines is 1. The topological polar surface area (TPSA) is 90.2 Å². The van der Waals surface area contributed by atoms with E-state index >= 15 is 0 Å². The summed E-state index contributed by atoms with van der Waals surface area (Å²) in [4.78, 5) is 23.0. The van der Waals surface area contributed by atoms with Crippen LogP contribution in [0.5, 0.6) is 0 Å². The van der Waals surface area contributed by atoms with Crippen LogP contribution in [0.25, 0.3) is 0 Å². The van der Waals surface area contributed by atoms with E-state index in [1.807, 2.05) is 0 Å². The zero-order valence-corrected chi connectivity index (χ0v) is 20.1. The lowest BCUT2D eigenvalue weighted by Crippen LogP contribution is -2.22. The van der Waals surface area contributed by atoms with Crippen molar-refractivity contribution in [3.8, 4) is 6.07 Å². The van der Waals surface area contributed by atoms with Crippen molar-refractivity contribution in [1.29, 1.82) is 5.26 Å². The van der Waals surface area contributed by atoms with Gasteiger partial charge in [0.1, 0.15) is 0 Å². The second-order valence-electron chi connectivity index (χ2n) is 9.19. The SMILES string of the molecule is CC(C)CCCCCCCCCCCCCCNc1ccc(C(=O)C(C#N)C(=O)O)cc1. The zero-order valence-electron chi connectivity index (χ0n) is 20.1. The first-order chi connectivity index (χ1) is 15.5. The van der Waals surface area contributed by atoms with E-state index in [1.54, 1.807) is 24.3 Å². The first-order valence-electron chi connectivity index (χ1n) is 12.5. The number of carboxylic acids is 1. The number of hydrogen-bond donors (Lipinski definition) is 2. The number of hydrogen-bond acceptors (Lipinski definition) is 4. The van der Waals surface area contributed by atoms with Crippen LogP contribution in [-0.2, 0) is 4.79 Å². The van der Waals surface area contributed by atoms with Crippen molar-refractivity contribution < 1.29 is 14.7 Å². The van der Waals surface area contributed by atoms with Gasteiger partial charge in [-0.2, -0.15) is 5.26 Å². The van der Waals surface area contributed by atoms with Crippen LogP contribution < -0.4 is 5.32 Å². The lowest BCUT2D eigenvalue weighted by Gasteiger charge is -2.08. The van der Waals surface area contributed by atoms with Gasteiger partial charge in [-0.15, -0.1) is 0 Å². The second-order valence-corrected chi connectivity index (χ2v) is 9.19. The molecule has 0 aromatic heterocycles. The van der Waals surface area contributed by atoms with E-state index in [4.69, 9.17) is 10.4 Å². The summed E-state index contributed by atoms with van der Waals surface area (Å²) < 4.78 is 0. The molecule has 0 saturated carbocycles. The molecule has 0 aliphatic heterocycles. The van der Waals surface area contributed by atoms with Gasteiger partial charge in [0.05, 0.1) is 6.07 Å². The molecule has 0 fully saturated rings. The first-order valence-corrected chi connectivity index (χ1v) is 12.5. The highest BCUT2D eigenvalue weighted by molar-refractivity contribution is 6.10. The van der Waals surface area contributed by atoms with Crippen molar-refractivity contribution in [2.24, 2.45) is 11.8 Å². The zero-order chi connectivity index (χ0) is 23.6. The summed E-state index contributed by atoms with van der Waals surface area (Å²) >= 11 is 0. The van der Waals surface area contributed by atoms with Crippen LogP contribution in [0.4, 0.5) is 5.69 Å². The van der Waals surface area contributed by atoms with E-state index in [1.165, 1.54) is 83.1 Å². The molecule has 5 nitrogen and oxygen atoms in total. The quantitative estimate of drug-likeness (QED) is 0.134. The standard InChI is InChI=1S/C27H42N2O3/c1-22(2)15-13-11-9-7-5-3-4-6-8-10-12-14-20-29-24-18-16-23(17-19-24)26(30)25(21-28)27(31)32/h16-19,22,25,29H,3-15,20H2,1-2H3,(H,31,32). The van der Waals surface area contributed by atoms with Crippen molar-refractivity contribution in [3.05, 3.63) is 29.8 Å². The van der Waals surface area contributed by atoms with Crippen LogP contribution in [0.3, 0.4) is 0 Å². The summed E-state index contributed by atoms with van der Waals surface area (Å²) in [6, 6.07) is 8.20. The van der Waals surface area contributed by atoms with Crippen LogP contribution in [-0.4, -0.2) is 23.4 Å². The van der Waals surface area contributed by atoms with Gasteiger partial charge in [0.15, 0.2) is 5.78 Å². The van der Waals surface area contributed by atoms with Crippen molar-refractivity contribution in [2.45, 2.75) is 97.3 Å². The molecule has 0 radical (unpaired) electrons. The summed E-state index contributed by atoms with van der Waals surface area (Å²) in [5, 5.41) is 21.1. The monoisotopic (exact) mass is 442 g/mol. The highest BCUT2D eigenvalue weighted by Crippen LogP contribution is 2.16. The van der Waals surface area contributed by atoms with E-state index < -0.39 is 17.7 Å². The number of Topliss-reactive ketones (excluding diaryl/α,β-unsaturated/α-hetero) is 1. The highest BCUT2D eigenvalue weighted by atomic mass is 16.4. The van der Waals surface area contributed by atoms with Crippen LogP contribution in [0.15, 0.2) is 24.3 Å². The van der Waals surface area contributed by atoms with Crippen LogP contribution in [0.1, 0.15) is 108 Å². The summed E-state index contributed by atoms with van der Waals surface area (Å²) in [5.41, 5.74) is 1.14. The minimum atomic E-state index is -1.65. The molecule has 0 aliphatic rings. The molecule has 1 unspecified atom stereocenters. The van der Waals surface area contributed by atoms with Gasteiger partial charge in [0.2, 0.25) is 5.92 Å². The maximum Gasteiger partial charge on any atom is 0.329 e. The van der Waals surface area contributed by atoms with E-state index in [0.717, 1.165) is 24.6 Å². The molecule has 178 valence electrons. The van der Waals surface area contributed by atoms with Crippen molar-refractivity contribution in [3.63, 3.8) is 0 Å². The van der Waals surface area contributed by atoms with Crippen LogP contribution >= 0.6 is 0 Å². The number of unbranched alkanes of at least 4 members (excludes halogenated alkanes) is 11. The number of nitrogens with zero attached hydrogens (tertiary/aromatic N) is 1. The molecule has 0 amide bonds. The Morgan fingerprint density at radius 2 is 1.31 bits per heavy atom. The molecule has 0 spiro atoms. The predicted octanol–water partition coefficient (Wildman–Crippen LogP) is 7.23. The van der Waals surface area contributed by atoms with Crippen molar-refractivity contribution in [1.82, 2.24) is 0 Å². The van der Waals surface area contributed by atoms with Gasteiger partial charge in [-0.25, -0.2) is 0 Å². The molecule has 1 atom stereocenters. The Hall–Kier alpha value is -2.35. The molecule has 0 saturated heterocycles. The molecule has 32 heavy (non-hydrogen) atoms. The largest absolute Gasteiger partial charge is 0.480 e. The number of aliphatic carboxylic acids is 1. The maximum atomic E-state index is 12.0. The van der Waals surface area contributed by atoms with Gasteiger partial charge >= 0.3 is 5.97 Å².